The normalized spacial score (nSPS) is 19.1. The van der Waals surface area contributed by atoms with Crippen molar-refractivity contribution in [3.05, 3.63) is 65.2 Å². The molecule has 2 fully saturated rings. The number of pyridine rings is 2. The number of rotatable bonds is 8. The second-order valence-electron chi connectivity index (χ2n) is 13.4. The maximum Gasteiger partial charge on any atom is 0.391 e. The van der Waals surface area contributed by atoms with E-state index in [9.17, 15) is 40.3 Å². The lowest BCUT2D eigenvalue weighted by molar-refractivity contribution is -0.169. The Hall–Kier alpha value is -4.80. The largest absolute Gasteiger partial charge is 0.482 e. The lowest BCUT2D eigenvalue weighted by atomic mass is 9.85. The van der Waals surface area contributed by atoms with Gasteiger partial charge in [0.1, 0.15) is 17.4 Å². The van der Waals surface area contributed by atoms with Gasteiger partial charge in [0, 0.05) is 55.4 Å². The first-order valence-corrected chi connectivity index (χ1v) is 16.4. The molecule has 1 aromatic carbocycles. The summed E-state index contributed by atoms with van der Waals surface area (Å²) in [6.07, 6.45) is -2.32. The average Bonchev–Trinajstić information content (AvgIpc) is 3.48. The molecule has 17 heteroatoms. The molecule has 0 radical (unpaired) electrons. The number of carbonyl (C=O) groups is 2. The molecule has 5 heterocycles. The van der Waals surface area contributed by atoms with Gasteiger partial charge in [0.15, 0.2) is 12.3 Å². The van der Waals surface area contributed by atoms with Gasteiger partial charge in [-0.2, -0.15) is 18.3 Å². The molecule has 51 heavy (non-hydrogen) atoms. The predicted molar refractivity (Wildman–Crippen MR) is 169 cm³/mol. The van der Waals surface area contributed by atoms with Crippen LogP contribution in [0.5, 0.6) is 5.75 Å². The first kappa shape index (κ1) is 34.6. The van der Waals surface area contributed by atoms with Crippen molar-refractivity contribution in [1.82, 2.24) is 24.6 Å². The van der Waals surface area contributed by atoms with E-state index >= 15 is 0 Å². The highest BCUT2D eigenvalue weighted by molar-refractivity contribution is 6.09. The summed E-state index contributed by atoms with van der Waals surface area (Å²) in [7, 11) is 0. The van der Waals surface area contributed by atoms with Crippen molar-refractivity contribution in [3.63, 3.8) is 0 Å². The van der Waals surface area contributed by atoms with Crippen LogP contribution in [-0.4, -0.2) is 74.3 Å². The number of piperidine rings is 1. The van der Waals surface area contributed by atoms with Gasteiger partial charge in [0.05, 0.1) is 53.5 Å². The van der Waals surface area contributed by atoms with E-state index in [2.05, 4.69) is 15.1 Å². The molecule has 1 atom stereocenters. The Balaban J connectivity index is 1.29. The Kier molecular flexibility index (Phi) is 8.66. The molecule has 10 nitrogen and oxygen atoms in total. The Morgan fingerprint density at radius 1 is 1.08 bits per heavy atom. The van der Waals surface area contributed by atoms with Crippen LogP contribution in [-0.2, 0) is 17.8 Å². The molecular formula is C34H32F7N7O3. The second kappa shape index (κ2) is 12.8. The fraction of sp³-hybridized carbons (Fsp3) is 0.441. The van der Waals surface area contributed by atoms with E-state index in [0.717, 1.165) is 13.1 Å². The summed E-state index contributed by atoms with van der Waals surface area (Å²) in [6, 6.07) is 4.67. The van der Waals surface area contributed by atoms with Gasteiger partial charge < -0.3 is 10.5 Å². The van der Waals surface area contributed by atoms with Crippen LogP contribution in [0.15, 0.2) is 36.7 Å². The third-order valence-electron chi connectivity index (χ3n) is 9.94. The lowest BCUT2D eigenvalue weighted by Gasteiger charge is -2.45. The van der Waals surface area contributed by atoms with Gasteiger partial charge in [0.2, 0.25) is 0 Å². The maximum absolute atomic E-state index is 14.5. The Morgan fingerprint density at radius 3 is 2.45 bits per heavy atom. The van der Waals surface area contributed by atoms with E-state index in [1.54, 1.807) is 4.68 Å². The van der Waals surface area contributed by atoms with E-state index in [4.69, 9.17) is 10.5 Å². The summed E-state index contributed by atoms with van der Waals surface area (Å²) in [5, 5.41) is 4.89. The number of halogens is 7. The quantitative estimate of drug-likeness (QED) is 0.223. The highest BCUT2D eigenvalue weighted by Crippen LogP contribution is 2.44. The predicted octanol–water partition coefficient (Wildman–Crippen LogP) is 5.97. The monoisotopic (exact) mass is 719 g/mol. The number of likely N-dealkylation sites (tertiary alicyclic amines) is 1. The first-order chi connectivity index (χ1) is 24.1. The molecule has 2 N–H and O–H groups in total. The van der Waals surface area contributed by atoms with Gasteiger partial charge in [-0.15, -0.1) is 0 Å². The minimum atomic E-state index is -4.61. The molecule has 2 aliphatic heterocycles. The number of amides is 2. The van der Waals surface area contributed by atoms with Crippen molar-refractivity contribution in [2.45, 2.75) is 69.8 Å². The van der Waals surface area contributed by atoms with Crippen molar-refractivity contribution in [1.29, 1.82) is 0 Å². The summed E-state index contributed by atoms with van der Waals surface area (Å²) < 4.78 is 104. The zero-order chi connectivity index (χ0) is 36.4. The van der Waals surface area contributed by atoms with Gasteiger partial charge >= 0.3 is 6.18 Å². The minimum absolute atomic E-state index is 0.140. The number of primary amides is 1. The Morgan fingerprint density at radius 2 is 1.80 bits per heavy atom. The van der Waals surface area contributed by atoms with E-state index in [1.165, 1.54) is 29.3 Å². The highest BCUT2D eigenvalue weighted by Gasteiger charge is 2.48. The van der Waals surface area contributed by atoms with Crippen LogP contribution in [0, 0.1) is 17.6 Å². The SMILES string of the molecule is CC(Cc1nc2c(cnn2C2CCN(C3CC(F)(F)C3)CC2)c(-c2ccc3c(c2)OCC(=O)N3Cc2ncc(F)cc2F)c1C(N)=O)C(F)(F)F. The third kappa shape index (κ3) is 6.58. The summed E-state index contributed by atoms with van der Waals surface area (Å²) in [6.45, 7) is 1.22. The van der Waals surface area contributed by atoms with Crippen molar-refractivity contribution in [2.75, 3.05) is 24.6 Å². The van der Waals surface area contributed by atoms with Crippen LogP contribution >= 0.6 is 0 Å². The Bertz CT molecular complexity index is 2020. The van der Waals surface area contributed by atoms with Gasteiger partial charge in [-0.1, -0.05) is 13.0 Å². The molecule has 1 aliphatic carbocycles. The number of nitrogens with zero attached hydrogens (tertiary/aromatic N) is 6. The molecule has 7 rings (SSSR count). The molecule has 3 aliphatic rings. The smallest absolute Gasteiger partial charge is 0.391 e. The molecule has 4 aromatic rings. The summed E-state index contributed by atoms with van der Waals surface area (Å²) >= 11 is 0. The molecule has 1 saturated carbocycles. The van der Waals surface area contributed by atoms with E-state index in [0.29, 0.717) is 42.9 Å². The minimum Gasteiger partial charge on any atom is -0.482 e. The fourth-order valence-electron chi connectivity index (χ4n) is 7.12. The number of hydrogen-bond donors (Lipinski definition) is 1. The van der Waals surface area contributed by atoms with Gasteiger partial charge in [-0.3, -0.25) is 24.4 Å². The van der Waals surface area contributed by atoms with Crippen LogP contribution in [0.2, 0.25) is 0 Å². The number of ether oxygens (including phenoxy) is 1. The number of nitrogens with two attached hydrogens (primary N) is 1. The van der Waals surface area contributed by atoms with Crippen molar-refractivity contribution < 1.29 is 45.1 Å². The summed E-state index contributed by atoms with van der Waals surface area (Å²) in [4.78, 5) is 37.5. The van der Waals surface area contributed by atoms with Crippen LogP contribution in [0.25, 0.3) is 22.2 Å². The number of anilines is 1. The van der Waals surface area contributed by atoms with Crippen LogP contribution in [0.4, 0.5) is 36.4 Å². The van der Waals surface area contributed by atoms with Gasteiger partial charge in [-0.05, 0) is 30.5 Å². The number of benzene rings is 1. The maximum atomic E-state index is 14.5. The number of fused-ring (bicyclic) bond motifs is 2. The van der Waals surface area contributed by atoms with E-state index in [-0.39, 0.29) is 71.1 Å². The topological polar surface area (TPSA) is 119 Å². The first-order valence-electron chi connectivity index (χ1n) is 16.4. The number of hydrogen-bond acceptors (Lipinski definition) is 7. The molecule has 270 valence electrons. The summed E-state index contributed by atoms with van der Waals surface area (Å²) in [5.74, 6) is -7.80. The van der Waals surface area contributed by atoms with Crippen LogP contribution < -0.4 is 15.4 Å². The standard InChI is InChI=1S/C34H32F7N7O3/c1-17(34(39,40)41)8-24-30(31(42)50)29(22-14-44-48(32(22)45-24)20-4-6-46(7-5-20)21-11-33(37,38)12-21)18-2-3-26-27(9-18)51-16-28(49)47(26)15-25-23(36)10-19(35)13-43-25/h2-3,9-10,13-14,17,20-21H,4-8,11-12,15-16H2,1H3,(H2,42,50). The van der Waals surface area contributed by atoms with E-state index < -0.39 is 54.5 Å². The fourth-order valence-corrected chi connectivity index (χ4v) is 7.12. The highest BCUT2D eigenvalue weighted by atomic mass is 19.4. The molecule has 0 bridgehead atoms. The second-order valence-corrected chi connectivity index (χ2v) is 13.4. The number of carbonyl (C=O) groups excluding carboxylic acids is 2. The van der Waals surface area contributed by atoms with Gasteiger partial charge in [-0.25, -0.2) is 27.2 Å². The number of alkyl halides is 5. The molecule has 1 unspecified atom stereocenters. The zero-order valence-corrected chi connectivity index (χ0v) is 27.2. The average molecular weight is 720 g/mol. The molecular weight excluding hydrogens is 687 g/mol. The van der Waals surface area contributed by atoms with E-state index in [1.807, 2.05) is 4.90 Å². The van der Waals surface area contributed by atoms with Crippen molar-refractivity contribution in [2.24, 2.45) is 11.7 Å². The van der Waals surface area contributed by atoms with Gasteiger partial charge in [0.25, 0.3) is 17.7 Å². The summed E-state index contributed by atoms with van der Waals surface area (Å²) in [5.41, 5.74) is 6.14. The number of aromatic nitrogens is 4. The Labute approximate surface area is 286 Å². The van der Waals surface area contributed by atoms with Crippen molar-refractivity contribution >= 4 is 28.5 Å². The third-order valence-corrected chi connectivity index (χ3v) is 9.94. The molecule has 1 saturated heterocycles. The molecule has 2 amide bonds. The van der Waals surface area contributed by atoms with Crippen LogP contribution in [0.3, 0.4) is 0 Å². The van der Waals surface area contributed by atoms with Crippen molar-refractivity contribution in [3.8, 4) is 16.9 Å². The zero-order valence-electron chi connectivity index (χ0n) is 27.2. The molecule has 0 spiro atoms. The lowest BCUT2D eigenvalue weighted by Crippen LogP contribution is -2.53. The molecule has 3 aromatic heterocycles. The van der Waals surface area contributed by atoms with Crippen LogP contribution in [0.1, 0.15) is 60.4 Å².